The van der Waals surface area contributed by atoms with E-state index in [-0.39, 0.29) is 0 Å². The van der Waals surface area contributed by atoms with E-state index in [1.54, 1.807) is 0 Å². The number of benzene rings is 4. The third-order valence-electron chi connectivity index (χ3n) is 7.25. The Balaban J connectivity index is 1.47. The smallest absolute Gasteiger partial charge is 0.160 e. The van der Waals surface area contributed by atoms with E-state index in [2.05, 4.69) is 71.3 Å². The van der Waals surface area contributed by atoms with E-state index in [1.165, 1.54) is 0 Å². The summed E-state index contributed by atoms with van der Waals surface area (Å²) in [6, 6.07) is 41.3. The van der Waals surface area contributed by atoms with Gasteiger partial charge in [-0.3, -0.25) is 4.57 Å². The maximum absolute atomic E-state index is 5.25. The second-order valence-corrected chi connectivity index (χ2v) is 9.56. The highest BCUT2D eigenvalue weighted by atomic mass is 15.1. The van der Waals surface area contributed by atoms with Crippen molar-refractivity contribution < 1.29 is 0 Å². The minimum Gasteiger partial charge on any atom is -0.278 e. The third-order valence-corrected chi connectivity index (χ3v) is 7.25. The van der Waals surface area contributed by atoms with Gasteiger partial charge in [0.1, 0.15) is 17.0 Å². The van der Waals surface area contributed by atoms with E-state index in [1.807, 2.05) is 60.8 Å². The molecule has 0 N–H and O–H groups in total. The van der Waals surface area contributed by atoms with Crippen LogP contribution >= 0.6 is 0 Å². The van der Waals surface area contributed by atoms with Gasteiger partial charge in [0.15, 0.2) is 5.82 Å². The highest BCUT2D eigenvalue weighted by Gasteiger charge is 2.17. The monoisotopic (exact) mass is 499 g/mol. The summed E-state index contributed by atoms with van der Waals surface area (Å²) in [7, 11) is 0. The number of para-hydroxylation sites is 1. The van der Waals surface area contributed by atoms with Crippen LogP contribution in [0.3, 0.4) is 0 Å². The summed E-state index contributed by atoms with van der Waals surface area (Å²) in [6.45, 7) is 0. The van der Waals surface area contributed by atoms with Gasteiger partial charge < -0.3 is 0 Å². The lowest BCUT2D eigenvalue weighted by molar-refractivity contribution is 1.07. The van der Waals surface area contributed by atoms with Crippen LogP contribution in [0.5, 0.6) is 0 Å². The molecule has 39 heavy (non-hydrogen) atoms. The van der Waals surface area contributed by atoms with Crippen LogP contribution in [0.2, 0.25) is 0 Å². The van der Waals surface area contributed by atoms with E-state index >= 15 is 0 Å². The third kappa shape index (κ3) is 3.41. The van der Waals surface area contributed by atoms with Gasteiger partial charge in [-0.15, -0.1) is 0 Å². The van der Waals surface area contributed by atoms with Crippen LogP contribution < -0.4 is 0 Å². The molecule has 0 saturated heterocycles. The quantitative estimate of drug-likeness (QED) is 0.231. The van der Waals surface area contributed by atoms with Crippen molar-refractivity contribution in [2.24, 2.45) is 0 Å². The van der Waals surface area contributed by atoms with Crippen molar-refractivity contribution in [1.82, 2.24) is 24.5 Å². The molecule has 4 aromatic carbocycles. The molecule has 0 radical (unpaired) electrons. The lowest BCUT2D eigenvalue weighted by Crippen LogP contribution is -2.00. The first kappa shape index (κ1) is 21.6. The predicted octanol–water partition coefficient (Wildman–Crippen LogP) is 8.00. The molecule has 5 nitrogen and oxygen atoms in total. The zero-order valence-electron chi connectivity index (χ0n) is 20.9. The van der Waals surface area contributed by atoms with E-state index in [4.69, 9.17) is 19.9 Å². The summed E-state index contributed by atoms with van der Waals surface area (Å²) in [5.41, 5.74) is 6.53. The Hall–Kier alpha value is -5.42. The molecule has 0 atom stereocenters. The second-order valence-electron chi connectivity index (χ2n) is 9.56. The molecule has 8 rings (SSSR count). The predicted molar refractivity (Wildman–Crippen MR) is 158 cm³/mol. The molecule has 0 bridgehead atoms. The Labute approximate surface area is 224 Å². The van der Waals surface area contributed by atoms with Crippen LogP contribution in [0, 0.1) is 0 Å². The summed E-state index contributed by atoms with van der Waals surface area (Å²) in [6.07, 6.45) is 1.83. The topological polar surface area (TPSA) is 56.5 Å². The highest BCUT2D eigenvalue weighted by molar-refractivity contribution is 6.10. The van der Waals surface area contributed by atoms with Crippen LogP contribution in [0.15, 0.2) is 128 Å². The number of rotatable bonds is 3. The molecule has 0 aliphatic carbocycles. The van der Waals surface area contributed by atoms with Gasteiger partial charge in [-0.25, -0.2) is 19.9 Å². The maximum atomic E-state index is 5.25. The molecule has 0 spiro atoms. The molecular formula is C34H21N5. The molecule has 0 aliphatic heterocycles. The van der Waals surface area contributed by atoms with E-state index in [9.17, 15) is 0 Å². The molecule has 0 amide bonds. The molecule has 5 heteroatoms. The van der Waals surface area contributed by atoms with Gasteiger partial charge in [0.05, 0.1) is 16.7 Å². The summed E-state index contributed by atoms with van der Waals surface area (Å²) >= 11 is 0. The molecule has 0 fully saturated rings. The van der Waals surface area contributed by atoms with Crippen molar-refractivity contribution in [3.63, 3.8) is 0 Å². The summed E-state index contributed by atoms with van der Waals surface area (Å²) < 4.78 is 2.14. The first-order chi connectivity index (χ1) is 19.3. The molecule has 4 heterocycles. The second kappa shape index (κ2) is 8.57. The van der Waals surface area contributed by atoms with Gasteiger partial charge in [0.2, 0.25) is 0 Å². The van der Waals surface area contributed by atoms with Crippen molar-refractivity contribution in [3.05, 3.63) is 128 Å². The van der Waals surface area contributed by atoms with Crippen LogP contribution in [-0.4, -0.2) is 24.5 Å². The number of aromatic nitrogens is 5. The first-order valence-electron chi connectivity index (χ1n) is 12.9. The maximum Gasteiger partial charge on any atom is 0.160 e. The Morgan fingerprint density at radius 3 is 2.05 bits per heavy atom. The molecule has 182 valence electrons. The molecule has 0 aliphatic rings. The SMILES string of the molecule is c1ccc(-c2nc(-c3ccccc3)c3ccc4ccc(-n5c6ccccc6c6cccnc65)nc4c3n2)cc1. The highest BCUT2D eigenvalue weighted by Crippen LogP contribution is 2.34. The fourth-order valence-corrected chi connectivity index (χ4v) is 5.45. The van der Waals surface area contributed by atoms with Crippen molar-refractivity contribution in [2.45, 2.75) is 0 Å². The lowest BCUT2D eigenvalue weighted by atomic mass is 10.0. The number of fused-ring (bicyclic) bond motifs is 6. The Kier molecular flexibility index (Phi) is 4.76. The molecule has 8 aromatic rings. The molecule has 4 aromatic heterocycles. The fourth-order valence-electron chi connectivity index (χ4n) is 5.45. The van der Waals surface area contributed by atoms with Gasteiger partial charge >= 0.3 is 0 Å². The van der Waals surface area contributed by atoms with Gasteiger partial charge in [0, 0.05) is 38.9 Å². The van der Waals surface area contributed by atoms with Gasteiger partial charge in [-0.2, -0.15) is 0 Å². The number of hydrogen-bond acceptors (Lipinski definition) is 4. The average molecular weight is 500 g/mol. The van der Waals surface area contributed by atoms with Crippen molar-refractivity contribution >= 4 is 43.7 Å². The number of pyridine rings is 2. The summed E-state index contributed by atoms with van der Waals surface area (Å²) in [5, 5.41) is 4.25. The van der Waals surface area contributed by atoms with Crippen LogP contribution in [-0.2, 0) is 0 Å². The summed E-state index contributed by atoms with van der Waals surface area (Å²) in [4.78, 5) is 20.1. The van der Waals surface area contributed by atoms with E-state index in [0.29, 0.717) is 5.82 Å². The van der Waals surface area contributed by atoms with Crippen molar-refractivity contribution in [3.8, 4) is 28.5 Å². The molecule has 0 unspecified atom stereocenters. The van der Waals surface area contributed by atoms with Gasteiger partial charge in [-0.1, -0.05) is 84.9 Å². The minimum atomic E-state index is 0.681. The van der Waals surface area contributed by atoms with Crippen LogP contribution in [0.4, 0.5) is 0 Å². The van der Waals surface area contributed by atoms with Crippen LogP contribution in [0.1, 0.15) is 0 Å². The van der Waals surface area contributed by atoms with Gasteiger partial charge in [0.25, 0.3) is 0 Å². The normalized spacial score (nSPS) is 11.6. The lowest BCUT2D eigenvalue weighted by Gasteiger charge is -2.12. The van der Waals surface area contributed by atoms with E-state index in [0.717, 1.165) is 66.4 Å². The zero-order chi connectivity index (χ0) is 25.8. The first-order valence-corrected chi connectivity index (χ1v) is 12.9. The van der Waals surface area contributed by atoms with Crippen molar-refractivity contribution in [1.29, 1.82) is 0 Å². The minimum absolute atomic E-state index is 0.681. The molecule has 0 saturated carbocycles. The van der Waals surface area contributed by atoms with Gasteiger partial charge in [-0.05, 0) is 36.4 Å². The largest absolute Gasteiger partial charge is 0.278 e. The Morgan fingerprint density at radius 2 is 1.21 bits per heavy atom. The summed E-state index contributed by atoms with van der Waals surface area (Å²) in [5.74, 6) is 1.49. The fraction of sp³-hybridized carbons (Fsp3) is 0. The average Bonchev–Trinajstić information content (AvgIpc) is 3.35. The van der Waals surface area contributed by atoms with Crippen LogP contribution in [0.25, 0.3) is 72.2 Å². The zero-order valence-corrected chi connectivity index (χ0v) is 20.9. The Morgan fingerprint density at radius 1 is 0.487 bits per heavy atom. The van der Waals surface area contributed by atoms with Crippen molar-refractivity contribution in [2.75, 3.05) is 0 Å². The standard InChI is InChI=1S/C34H21N5/c1-3-10-22(11-4-1)30-27-19-17-23-18-20-29(36-31(23)32(27)38-33(37-30)24-12-5-2-6-13-24)39-28-16-8-7-14-25(28)26-15-9-21-35-34(26)39/h1-21H. The van der Waals surface area contributed by atoms with E-state index < -0.39 is 0 Å². The number of hydrogen-bond donors (Lipinski definition) is 0. The Bertz CT molecular complexity index is 2110. The molecular weight excluding hydrogens is 478 g/mol. The number of nitrogens with zero attached hydrogens (tertiary/aromatic N) is 5.